The van der Waals surface area contributed by atoms with Crippen molar-refractivity contribution in [2.24, 2.45) is 17.3 Å². The van der Waals surface area contributed by atoms with E-state index in [1.807, 2.05) is 25.6 Å². The molecule has 5 nitrogen and oxygen atoms in total. The fourth-order valence-electron chi connectivity index (χ4n) is 5.15. The molecule has 5 rings (SSSR count). The van der Waals surface area contributed by atoms with Gasteiger partial charge in [-0.1, -0.05) is 20.8 Å². The van der Waals surface area contributed by atoms with Crippen LogP contribution in [0.1, 0.15) is 81.1 Å². The molecular formula is C26H40FNO4S. The van der Waals surface area contributed by atoms with E-state index in [4.69, 9.17) is 14.6 Å². The fourth-order valence-corrected chi connectivity index (χ4v) is 6.16. The quantitative estimate of drug-likeness (QED) is 0.515. The van der Waals surface area contributed by atoms with Gasteiger partial charge in [0.25, 0.3) is 6.47 Å². The van der Waals surface area contributed by atoms with E-state index in [0.29, 0.717) is 30.0 Å². The van der Waals surface area contributed by atoms with Crippen molar-refractivity contribution < 1.29 is 23.8 Å². The van der Waals surface area contributed by atoms with Crippen LogP contribution in [0.3, 0.4) is 0 Å². The van der Waals surface area contributed by atoms with Gasteiger partial charge in [-0.15, -0.1) is 11.8 Å². The summed E-state index contributed by atoms with van der Waals surface area (Å²) in [6.45, 7) is 8.07. The van der Waals surface area contributed by atoms with Gasteiger partial charge in [0.15, 0.2) is 6.29 Å². The standard InChI is InChI=1S/C19H23FO2.C4H9NS.C2H6.CH2O2/c1-12-6-15-4-5-19(15,9-12)11-22-18-8-17(20)14(10-21)7-16(18)13-2-3-13;1-5-2-3-6-4-5;1-2;2-1-3/h7-8,10,12-13,15H,2-6,9,11H2,1H3;2-4H2,1H3;1-2H3;1H,(H,2,3). The minimum atomic E-state index is -0.461. The van der Waals surface area contributed by atoms with E-state index in [2.05, 4.69) is 18.9 Å². The number of halogens is 1. The van der Waals surface area contributed by atoms with Crippen molar-refractivity contribution in [1.82, 2.24) is 4.90 Å². The molecule has 3 aliphatic carbocycles. The van der Waals surface area contributed by atoms with Crippen LogP contribution in [0.4, 0.5) is 4.39 Å². The number of benzene rings is 1. The molecule has 0 radical (unpaired) electrons. The second-order valence-electron chi connectivity index (χ2n) is 9.46. The topological polar surface area (TPSA) is 66.8 Å². The third kappa shape index (κ3) is 7.44. The largest absolute Gasteiger partial charge is 0.493 e. The number of thioether (sulfide) groups is 1. The minimum absolute atomic E-state index is 0.156. The van der Waals surface area contributed by atoms with Crippen molar-refractivity contribution >= 4 is 24.5 Å². The van der Waals surface area contributed by atoms with Gasteiger partial charge in [-0.3, -0.25) is 14.5 Å². The van der Waals surface area contributed by atoms with Gasteiger partial charge in [-0.25, -0.2) is 4.39 Å². The lowest BCUT2D eigenvalue weighted by Crippen LogP contribution is -2.41. The Bertz CT molecular complexity index is 767. The molecule has 3 saturated carbocycles. The van der Waals surface area contributed by atoms with E-state index in [1.54, 1.807) is 6.07 Å². The number of rotatable bonds is 5. The van der Waals surface area contributed by atoms with E-state index in [-0.39, 0.29) is 12.0 Å². The normalized spacial score (nSPS) is 27.3. The molecule has 1 aromatic carbocycles. The summed E-state index contributed by atoms with van der Waals surface area (Å²) in [5.41, 5.74) is 1.52. The molecule has 3 unspecified atom stereocenters. The molecule has 1 aromatic rings. The van der Waals surface area contributed by atoms with Crippen molar-refractivity contribution in [3.63, 3.8) is 0 Å². The number of ether oxygens (including phenoxy) is 1. The van der Waals surface area contributed by atoms with Crippen molar-refractivity contribution in [3.05, 3.63) is 29.1 Å². The monoisotopic (exact) mass is 481 g/mol. The summed E-state index contributed by atoms with van der Waals surface area (Å²) in [6, 6.07) is 3.13. The maximum absolute atomic E-state index is 14.0. The van der Waals surface area contributed by atoms with E-state index < -0.39 is 5.82 Å². The Morgan fingerprint density at radius 2 is 1.97 bits per heavy atom. The lowest BCUT2D eigenvalue weighted by molar-refractivity contribution is -0.122. The summed E-state index contributed by atoms with van der Waals surface area (Å²) in [5, 5.41) is 6.89. The highest BCUT2D eigenvalue weighted by molar-refractivity contribution is 7.99. The van der Waals surface area contributed by atoms with Crippen molar-refractivity contribution in [3.8, 4) is 5.75 Å². The number of carboxylic acid groups (broad SMARTS) is 1. The average molecular weight is 482 g/mol. The zero-order valence-corrected chi connectivity index (χ0v) is 21.3. The Balaban J connectivity index is 0.000000294. The van der Waals surface area contributed by atoms with Gasteiger partial charge < -0.3 is 9.84 Å². The summed E-state index contributed by atoms with van der Waals surface area (Å²) < 4.78 is 20.1. The highest BCUT2D eigenvalue weighted by Gasteiger charge is 2.52. The molecule has 0 aromatic heterocycles. The highest BCUT2D eigenvalue weighted by Crippen LogP contribution is 2.59. The molecule has 4 aliphatic rings. The van der Waals surface area contributed by atoms with E-state index >= 15 is 0 Å². The van der Waals surface area contributed by atoms with Crippen LogP contribution in [-0.2, 0) is 4.79 Å². The summed E-state index contributed by atoms with van der Waals surface area (Å²) in [7, 11) is 2.15. The van der Waals surface area contributed by atoms with Crippen LogP contribution in [0, 0.1) is 23.1 Å². The van der Waals surface area contributed by atoms with Crippen LogP contribution in [0.2, 0.25) is 0 Å². The second-order valence-corrected chi connectivity index (χ2v) is 10.5. The molecule has 0 spiro atoms. The fraction of sp³-hybridized carbons (Fsp3) is 0.692. The Labute approximate surface area is 202 Å². The number of hydrogen-bond acceptors (Lipinski definition) is 5. The zero-order chi connectivity index (χ0) is 24.4. The van der Waals surface area contributed by atoms with Crippen LogP contribution in [0.15, 0.2) is 12.1 Å². The number of hydrogen-bond donors (Lipinski definition) is 1. The summed E-state index contributed by atoms with van der Waals surface area (Å²) in [6.07, 6.45) is 7.96. The van der Waals surface area contributed by atoms with Crippen molar-refractivity contribution in [2.75, 3.05) is 31.8 Å². The molecule has 0 bridgehead atoms. The van der Waals surface area contributed by atoms with Crippen LogP contribution >= 0.6 is 11.8 Å². The number of carbonyl (C=O) groups excluding carboxylic acids is 1. The lowest BCUT2D eigenvalue weighted by Gasteiger charge is -2.44. The first-order valence-corrected chi connectivity index (χ1v) is 13.3. The van der Waals surface area contributed by atoms with Gasteiger partial charge >= 0.3 is 0 Å². The molecule has 3 atom stereocenters. The van der Waals surface area contributed by atoms with Crippen LogP contribution < -0.4 is 4.74 Å². The van der Waals surface area contributed by atoms with Crippen molar-refractivity contribution in [1.29, 1.82) is 0 Å². The summed E-state index contributed by atoms with van der Waals surface area (Å²) in [4.78, 5) is 21.6. The van der Waals surface area contributed by atoms with E-state index in [9.17, 15) is 9.18 Å². The SMILES string of the molecule is CC.CC1CC2CCC2(COc2cc(F)c(C=O)cc2C2CC2)C1.CN1CCSC1.O=CO. The first kappa shape index (κ1) is 27.6. The Morgan fingerprint density at radius 1 is 1.27 bits per heavy atom. The van der Waals surface area contributed by atoms with Gasteiger partial charge in [0.05, 0.1) is 12.2 Å². The number of fused-ring (bicyclic) bond motifs is 1. The van der Waals surface area contributed by atoms with Crippen LogP contribution in [0.5, 0.6) is 5.75 Å². The molecule has 7 heteroatoms. The number of aldehydes is 1. The zero-order valence-electron chi connectivity index (χ0n) is 20.5. The highest BCUT2D eigenvalue weighted by atomic mass is 32.2. The number of carbonyl (C=O) groups is 2. The van der Waals surface area contributed by atoms with Crippen molar-refractivity contribution in [2.45, 2.75) is 65.2 Å². The molecule has 1 aliphatic heterocycles. The predicted molar refractivity (Wildman–Crippen MR) is 133 cm³/mol. The van der Waals surface area contributed by atoms with E-state index in [0.717, 1.165) is 30.2 Å². The molecule has 186 valence electrons. The Morgan fingerprint density at radius 3 is 2.39 bits per heavy atom. The predicted octanol–water partition coefficient (Wildman–Crippen LogP) is 6.07. The molecule has 0 amide bonds. The van der Waals surface area contributed by atoms with Crippen LogP contribution in [0.25, 0.3) is 0 Å². The molecule has 4 fully saturated rings. The molecule has 1 heterocycles. The maximum atomic E-state index is 14.0. The Hall–Kier alpha value is -1.60. The average Bonchev–Trinajstić information content (AvgIpc) is 3.49. The van der Waals surface area contributed by atoms with Gasteiger partial charge in [-0.05, 0) is 75.0 Å². The molecule has 1 saturated heterocycles. The first-order valence-electron chi connectivity index (χ1n) is 12.2. The van der Waals surface area contributed by atoms with Gasteiger partial charge in [0.1, 0.15) is 11.6 Å². The van der Waals surface area contributed by atoms with Crippen LogP contribution in [-0.4, -0.2) is 54.6 Å². The molecule has 33 heavy (non-hydrogen) atoms. The van der Waals surface area contributed by atoms with Gasteiger partial charge in [0.2, 0.25) is 0 Å². The summed E-state index contributed by atoms with van der Waals surface area (Å²) >= 11 is 2.01. The summed E-state index contributed by atoms with van der Waals surface area (Å²) in [5.74, 6) is 4.81. The third-order valence-electron chi connectivity index (χ3n) is 7.02. The smallest absolute Gasteiger partial charge is 0.290 e. The lowest BCUT2D eigenvalue weighted by atomic mass is 9.62. The minimum Gasteiger partial charge on any atom is -0.493 e. The number of nitrogens with zero attached hydrogens (tertiary/aromatic N) is 1. The molecular weight excluding hydrogens is 441 g/mol. The second kappa shape index (κ2) is 13.3. The Kier molecular flexibility index (Phi) is 11.2. The maximum Gasteiger partial charge on any atom is 0.290 e. The molecule has 1 N–H and O–H groups in total. The first-order chi connectivity index (χ1) is 15.9. The third-order valence-corrected chi connectivity index (χ3v) is 8.11. The van der Waals surface area contributed by atoms with Gasteiger partial charge in [0, 0.05) is 29.7 Å². The van der Waals surface area contributed by atoms with E-state index in [1.165, 1.54) is 49.9 Å². The van der Waals surface area contributed by atoms with Gasteiger partial charge in [-0.2, -0.15) is 0 Å².